The van der Waals surface area contributed by atoms with Crippen molar-refractivity contribution in [1.29, 1.82) is 5.26 Å². The van der Waals surface area contributed by atoms with Crippen LogP contribution in [0.3, 0.4) is 0 Å². The number of hydrogen-bond donors (Lipinski definition) is 0. The first kappa shape index (κ1) is 17.9. The molecule has 2 rings (SSSR count). The number of halogens is 1. The molecule has 1 heterocycles. The summed E-state index contributed by atoms with van der Waals surface area (Å²) in [6.45, 7) is 4.82. The standard InChI is InChI=1S/C17H24ClN3O2/c1-5-12-11-21(9-8-20(12)2)14(10-19)13-6-7-15(22-3)17(23-4)16(13)18/h6-7,12,14H,5,8-9,11H2,1-4H3. The molecule has 0 saturated carbocycles. The Balaban J connectivity index is 2.33. The molecular weight excluding hydrogens is 314 g/mol. The van der Waals surface area contributed by atoms with Crippen molar-refractivity contribution in [2.75, 3.05) is 40.9 Å². The fourth-order valence-electron chi connectivity index (χ4n) is 3.11. The van der Waals surface area contributed by atoms with Gasteiger partial charge < -0.3 is 14.4 Å². The van der Waals surface area contributed by atoms with Crippen LogP contribution in [0.25, 0.3) is 0 Å². The topological polar surface area (TPSA) is 48.7 Å². The van der Waals surface area contributed by atoms with E-state index in [4.69, 9.17) is 21.1 Å². The first-order valence-corrected chi connectivity index (χ1v) is 8.19. The van der Waals surface area contributed by atoms with E-state index < -0.39 is 0 Å². The lowest BCUT2D eigenvalue weighted by Gasteiger charge is -2.41. The Hall–Kier alpha value is -1.48. The number of nitrogens with zero attached hydrogens (tertiary/aromatic N) is 3. The van der Waals surface area contributed by atoms with Gasteiger partial charge in [0, 0.05) is 31.2 Å². The predicted molar refractivity (Wildman–Crippen MR) is 91.2 cm³/mol. The largest absolute Gasteiger partial charge is 0.493 e. The van der Waals surface area contributed by atoms with Crippen molar-refractivity contribution >= 4 is 11.6 Å². The summed E-state index contributed by atoms with van der Waals surface area (Å²) in [5, 5.41) is 10.2. The SMILES string of the molecule is CCC1CN(C(C#N)c2ccc(OC)c(OC)c2Cl)CCN1C. The molecule has 0 spiro atoms. The molecule has 126 valence electrons. The molecule has 1 fully saturated rings. The van der Waals surface area contributed by atoms with Gasteiger partial charge in [0.05, 0.1) is 25.3 Å². The van der Waals surface area contributed by atoms with Gasteiger partial charge in [0.25, 0.3) is 0 Å². The van der Waals surface area contributed by atoms with Crippen LogP contribution in [-0.4, -0.2) is 56.7 Å². The van der Waals surface area contributed by atoms with Crippen LogP contribution in [0.5, 0.6) is 11.5 Å². The number of likely N-dealkylation sites (N-methyl/N-ethyl adjacent to an activating group) is 1. The highest BCUT2D eigenvalue weighted by atomic mass is 35.5. The maximum Gasteiger partial charge on any atom is 0.179 e. The van der Waals surface area contributed by atoms with E-state index in [9.17, 15) is 5.26 Å². The summed E-state index contributed by atoms with van der Waals surface area (Å²) in [6, 6.07) is 6.14. The smallest absolute Gasteiger partial charge is 0.179 e. The Morgan fingerprint density at radius 3 is 2.65 bits per heavy atom. The fourth-order valence-corrected chi connectivity index (χ4v) is 3.45. The van der Waals surface area contributed by atoms with Gasteiger partial charge in [-0.05, 0) is 19.5 Å². The maximum atomic E-state index is 9.74. The average Bonchev–Trinajstić information content (AvgIpc) is 2.57. The quantitative estimate of drug-likeness (QED) is 0.826. The lowest BCUT2D eigenvalue weighted by molar-refractivity contribution is 0.0773. The summed E-state index contributed by atoms with van der Waals surface area (Å²) < 4.78 is 10.6. The van der Waals surface area contributed by atoms with E-state index >= 15 is 0 Å². The maximum absolute atomic E-state index is 9.74. The molecule has 1 aliphatic rings. The summed E-state index contributed by atoms with van der Waals surface area (Å²) in [6.07, 6.45) is 1.06. The van der Waals surface area contributed by atoms with E-state index in [-0.39, 0.29) is 6.04 Å². The van der Waals surface area contributed by atoms with E-state index in [1.54, 1.807) is 20.3 Å². The molecule has 0 radical (unpaired) electrons. The number of piperazine rings is 1. The second-order valence-electron chi connectivity index (χ2n) is 5.77. The van der Waals surface area contributed by atoms with Gasteiger partial charge in [-0.15, -0.1) is 0 Å². The highest BCUT2D eigenvalue weighted by molar-refractivity contribution is 6.33. The van der Waals surface area contributed by atoms with Crippen LogP contribution in [-0.2, 0) is 0 Å². The first-order chi connectivity index (χ1) is 11.1. The predicted octanol–water partition coefficient (Wildman–Crippen LogP) is 2.95. The summed E-state index contributed by atoms with van der Waals surface area (Å²) in [5.41, 5.74) is 0.770. The number of methoxy groups -OCH3 is 2. The highest BCUT2D eigenvalue weighted by Gasteiger charge is 2.31. The van der Waals surface area contributed by atoms with E-state index in [2.05, 4.69) is 29.8 Å². The van der Waals surface area contributed by atoms with Gasteiger partial charge in [-0.3, -0.25) is 4.90 Å². The summed E-state index contributed by atoms with van der Waals surface area (Å²) in [5.74, 6) is 1.05. The monoisotopic (exact) mass is 337 g/mol. The Morgan fingerprint density at radius 2 is 2.09 bits per heavy atom. The second kappa shape index (κ2) is 7.87. The zero-order chi connectivity index (χ0) is 17.0. The Kier molecular flexibility index (Phi) is 6.11. The molecule has 0 aromatic heterocycles. The molecule has 0 N–H and O–H groups in total. The van der Waals surface area contributed by atoms with Crippen molar-refractivity contribution < 1.29 is 9.47 Å². The lowest BCUT2D eigenvalue weighted by atomic mass is 10.0. The van der Waals surface area contributed by atoms with Crippen molar-refractivity contribution in [3.05, 3.63) is 22.7 Å². The van der Waals surface area contributed by atoms with Crippen molar-refractivity contribution in [2.24, 2.45) is 0 Å². The van der Waals surface area contributed by atoms with Gasteiger partial charge in [-0.25, -0.2) is 0 Å². The minimum atomic E-state index is -0.384. The van der Waals surface area contributed by atoms with Gasteiger partial charge in [-0.1, -0.05) is 24.6 Å². The molecule has 1 aromatic carbocycles. The van der Waals surface area contributed by atoms with Gasteiger partial charge in [0.15, 0.2) is 11.5 Å². The number of ether oxygens (including phenoxy) is 2. The van der Waals surface area contributed by atoms with Crippen LogP contribution in [0.1, 0.15) is 24.9 Å². The van der Waals surface area contributed by atoms with E-state index in [1.807, 2.05) is 6.07 Å². The molecular formula is C17H24ClN3O2. The molecule has 0 bridgehead atoms. The van der Waals surface area contributed by atoms with Crippen molar-refractivity contribution in [1.82, 2.24) is 9.80 Å². The lowest BCUT2D eigenvalue weighted by Crippen LogP contribution is -2.51. The Morgan fingerprint density at radius 1 is 1.35 bits per heavy atom. The van der Waals surface area contributed by atoms with Crippen LogP contribution in [0.2, 0.25) is 5.02 Å². The molecule has 1 aromatic rings. The van der Waals surface area contributed by atoms with Gasteiger partial charge in [0.2, 0.25) is 0 Å². The minimum Gasteiger partial charge on any atom is -0.493 e. The fraction of sp³-hybridized carbons (Fsp3) is 0.588. The molecule has 6 heteroatoms. The third-order valence-corrected chi connectivity index (χ3v) is 4.97. The summed E-state index contributed by atoms with van der Waals surface area (Å²) >= 11 is 6.49. The molecule has 23 heavy (non-hydrogen) atoms. The molecule has 2 unspecified atom stereocenters. The van der Waals surface area contributed by atoms with Gasteiger partial charge in [0.1, 0.15) is 6.04 Å². The third kappa shape index (κ3) is 3.55. The normalized spacial score (nSPS) is 20.8. The molecule has 5 nitrogen and oxygen atoms in total. The zero-order valence-corrected chi connectivity index (χ0v) is 14.9. The van der Waals surface area contributed by atoms with Crippen LogP contribution in [0.15, 0.2) is 12.1 Å². The van der Waals surface area contributed by atoms with Crippen molar-refractivity contribution in [3.8, 4) is 17.6 Å². The van der Waals surface area contributed by atoms with E-state index in [1.165, 1.54) is 0 Å². The van der Waals surface area contributed by atoms with E-state index in [0.29, 0.717) is 22.6 Å². The highest BCUT2D eigenvalue weighted by Crippen LogP contribution is 2.41. The third-order valence-electron chi connectivity index (χ3n) is 4.58. The van der Waals surface area contributed by atoms with E-state index in [0.717, 1.165) is 31.6 Å². The van der Waals surface area contributed by atoms with Crippen LogP contribution < -0.4 is 9.47 Å². The van der Waals surface area contributed by atoms with Crippen LogP contribution in [0.4, 0.5) is 0 Å². The minimum absolute atomic E-state index is 0.384. The van der Waals surface area contributed by atoms with Crippen LogP contribution in [0, 0.1) is 11.3 Å². The summed E-state index contributed by atoms with van der Waals surface area (Å²) in [7, 11) is 5.26. The molecule has 2 atom stereocenters. The summed E-state index contributed by atoms with van der Waals surface area (Å²) in [4.78, 5) is 4.54. The average molecular weight is 338 g/mol. The van der Waals surface area contributed by atoms with Crippen molar-refractivity contribution in [2.45, 2.75) is 25.4 Å². The van der Waals surface area contributed by atoms with Crippen LogP contribution >= 0.6 is 11.6 Å². The Labute approximate surface area is 143 Å². The second-order valence-corrected chi connectivity index (χ2v) is 6.15. The molecule has 1 aliphatic heterocycles. The van der Waals surface area contributed by atoms with Gasteiger partial charge in [-0.2, -0.15) is 5.26 Å². The molecule has 1 saturated heterocycles. The zero-order valence-electron chi connectivity index (χ0n) is 14.2. The van der Waals surface area contributed by atoms with Crippen molar-refractivity contribution in [3.63, 3.8) is 0 Å². The number of nitriles is 1. The number of rotatable bonds is 5. The first-order valence-electron chi connectivity index (χ1n) is 7.81. The number of hydrogen-bond acceptors (Lipinski definition) is 5. The Bertz CT molecular complexity index is 588. The van der Waals surface area contributed by atoms with Gasteiger partial charge >= 0.3 is 0 Å². The molecule has 0 amide bonds. The molecule has 0 aliphatic carbocycles. The number of benzene rings is 1.